The van der Waals surface area contributed by atoms with E-state index in [0.717, 1.165) is 17.0 Å². The Morgan fingerprint density at radius 3 is 2.52 bits per heavy atom. The van der Waals surface area contributed by atoms with E-state index in [1.165, 1.54) is 0 Å². The third-order valence-electron chi connectivity index (χ3n) is 3.15. The normalized spacial score (nSPS) is 11.5. The Kier molecular flexibility index (Phi) is 4.86. The van der Waals surface area contributed by atoms with Gasteiger partial charge in [-0.05, 0) is 24.6 Å². The van der Waals surface area contributed by atoms with Gasteiger partial charge in [0.05, 0.1) is 10.7 Å². The summed E-state index contributed by atoms with van der Waals surface area (Å²) in [7, 11) is 1.86. The number of rotatable bonds is 4. The van der Waals surface area contributed by atoms with Crippen LogP contribution in [-0.2, 0) is 12.0 Å². The van der Waals surface area contributed by atoms with Crippen LogP contribution in [0.25, 0.3) is 0 Å². The van der Waals surface area contributed by atoms with Crippen LogP contribution in [0, 0.1) is 0 Å². The van der Waals surface area contributed by atoms with Crippen LogP contribution < -0.4 is 10.1 Å². The fourth-order valence-electron chi connectivity index (χ4n) is 2.10. The highest BCUT2D eigenvalue weighted by atomic mass is 35.5. The molecule has 0 fully saturated rings. The van der Waals surface area contributed by atoms with Gasteiger partial charge in [0, 0.05) is 18.2 Å². The molecule has 0 aliphatic rings. The standard InChI is InChI=1S/C17H21ClN2O/c1-17(2,3)12-7-5-6-8-15(12)21-16-10-9-13(18)14(20-16)11-19-4/h5-10,19H,11H2,1-4H3. The highest BCUT2D eigenvalue weighted by Gasteiger charge is 2.19. The molecule has 2 aromatic rings. The molecular weight excluding hydrogens is 284 g/mol. The summed E-state index contributed by atoms with van der Waals surface area (Å²) in [6.07, 6.45) is 0. The lowest BCUT2D eigenvalue weighted by atomic mass is 9.86. The molecule has 0 amide bonds. The van der Waals surface area contributed by atoms with Gasteiger partial charge in [0.15, 0.2) is 0 Å². The van der Waals surface area contributed by atoms with Gasteiger partial charge in [0.25, 0.3) is 0 Å². The molecule has 1 heterocycles. The van der Waals surface area contributed by atoms with Gasteiger partial charge in [0.2, 0.25) is 5.88 Å². The summed E-state index contributed by atoms with van der Waals surface area (Å²) in [5.74, 6) is 1.39. The van der Waals surface area contributed by atoms with E-state index in [9.17, 15) is 0 Å². The number of benzene rings is 1. The average molecular weight is 305 g/mol. The molecule has 0 aliphatic carbocycles. The van der Waals surface area contributed by atoms with E-state index in [2.05, 4.69) is 37.1 Å². The molecule has 2 rings (SSSR count). The largest absolute Gasteiger partial charge is 0.439 e. The molecule has 4 heteroatoms. The molecule has 1 aromatic heterocycles. The van der Waals surface area contributed by atoms with Crippen molar-refractivity contribution in [3.8, 4) is 11.6 Å². The van der Waals surface area contributed by atoms with Crippen molar-refractivity contribution in [2.45, 2.75) is 32.7 Å². The van der Waals surface area contributed by atoms with Crippen LogP contribution in [0.15, 0.2) is 36.4 Å². The number of halogens is 1. The predicted molar refractivity (Wildman–Crippen MR) is 87.2 cm³/mol. The van der Waals surface area contributed by atoms with E-state index in [-0.39, 0.29) is 5.41 Å². The third kappa shape index (κ3) is 3.96. The Bertz CT molecular complexity index is 620. The zero-order valence-electron chi connectivity index (χ0n) is 12.9. The Balaban J connectivity index is 2.33. The molecule has 0 radical (unpaired) electrons. The number of para-hydroxylation sites is 1. The summed E-state index contributed by atoms with van der Waals surface area (Å²) < 4.78 is 5.98. The van der Waals surface area contributed by atoms with Gasteiger partial charge in [-0.1, -0.05) is 50.6 Å². The van der Waals surface area contributed by atoms with Crippen LogP contribution in [0.5, 0.6) is 11.6 Å². The molecule has 0 bridgehead atoms. The minimum Gasteiger partial charge on any atom is -0.439 e. The minimum atomic E-state index is 0.0107. The maximum Gasteiger partial charge on any atom is 0.219 e. The van der Waals surface area contributed by atoms with E-state index in [4.69, 9.17) is 16.3 Å². The Morgan fingerprint density at radius 1 is 1.14 bits per heavy atom. The summed E-state index contributed by atoms with van der Waals surface area (Å²) in [5.41, 5.74) is 1.94. The second kappa shape index (κ2) is 6.46. The van der Waals surface area contributed by atoms with E-state index in [0.29, 0.717) is 17.4 Å². The predicted octanol–water partition coefficient (Wildman–Crippen LogP) is 4.54. The molecular formula is C17H21ClN2O. The topological polar surface area (TPSA) is 34.2 Å². The zero-order chi connectivity index (χ0) is 15.5. The van der Waals surface area contributed by atoms with Gasteiger partial charge in [-0.2, -0.15) is 0 Å². The average Bonchev–Trinajstić information content (AvgIpc) is 2.42. The Morgan fingerprint density at radius 2 is 1.86 bits per heavy atom. The molecule has 0 aliphatic heterocycles. The molecule has 21 heavy (non-hydrogen) atoms. The van der Waals surface area contributed by atoms with E-state index in [1.807, 2.05) is 31.3 Å². The van der Waals surface area contributed by atoms with Gasteiger partial charge in [0.1, 0.15) is 5.75 Å². The van der Waals surface area contributed by atoms with Crippen molar-refractivity contribution in [2.75, 3.05) is 7.05 Å². The van der Waals surface area contributed by atoms with Crippen molar-refractivity contribution < 1.29 is 4.74 Å². The van der Waals surface area contributed by atoms with Gasteiger partial charge in [-0.25, -0.2) is 4.98 Å². The van der Waals surface area contributed by atoms with E-state index >= 15 is 0 Å². The van der Waals surface area contributed by atoms with Crippen LogP contribution in [0.2, 0.25) is 5.02 Å². The van der Waals surface area contributed by atoms with Crippen LogP contribution in [0.1, 0.15) is 32.0 Å². The summed E-state index contributed by atoms with van der Waals surface area (Å²) in [6.45, 7) is 7.10. The number of aromatic nitrogens is 1. The summed E-state index contributed by atoms with van der Waals surface area (Å²) >= 11 is 6.12. The quantitative estimate of drug-likeness (QED) is 0.900. The maximum absolute atomic E-state index is 6.12. The number of hydrogen-bond donors (Lipinski definition) is 1. The van der Waals surface area contributed by atoms with Crippen molar-refractivity contribution in [3.63, 3.8) is 0 Å². The number of nitrogens with zero attached hydrogens (tertiary/aromatic N) is 1. The first-order valence-corrected chi connectivity index (χ1v) is 7.37. The second-order valence-corrected chi connectivity index (χ2v) is 6.36. The molecule has 0 unspecified atom stereocenters. The first-order chi connectivity index (χ1) is 9.91. The van der Waals surface area contributed by atoms with Gasteiger partial charge in [-0.3, -0.25) is 0 Å². The first kappa shape index (κ1) is 15.8. The number of ether oxygens (including phenoxy) is 1. The van der Waals surface area contributed by atoms with E-state index < -0.39 is 0 Å². The van der Waals surface area contributed by atoms with Crippen molar-refractivity contribution in [1.29, 1.82) is 0 Å². The molecule has 0 saturated heterocycles. The van der Waals surface area contributed by atoms with Crippen LogP contribution >= 0.6 is 11.6 Å². The lowest BCUT2D eigenvalue weighted by Crippen LogP contribution is -2.12. The van der Waals surface area contributed by atoms with E-state index in [1.54, 1.807) is 6.07 Å². The lowest BCUT2D eigenvalue weighted by molar-refractivity contribution is 0.438. The van der Waals surface area contributed by atoms with Crippen molar-refractivity contribution in [2.24, 2.45) is 0 Å². The first-order valence-electron chi connectivity index (χ1n) is 6.99. The Hall–Kier alpha value is -1.58. The molecule has 112 valence electrons. The van der Waals surface area contributed by atoms with Gasteiger partial charge in [-0.15, -0.1) is 0 Å². The van der Waals surface area contributed by atoms with Crippen LogP contribution in [0.4, 0.5) is 0 Å². The SMILES string of the molecule is CNCc1nc(Oc2ccccc2C(C)(C)C)ccc1Cl. The smallest absolute Gasteiger partial charge is 0.219 e. The fourth-order valence-corrected chi connectivity index (χ4v) is 2.27. The highest BCUT2D eigenvalue weighted by Crippen LogP contribution is 2.33. The van der Waals surface area contributed by atoms with Crippen molar-refractivity contribution in [1.82, 2.24) is 10.3 Å². The second-order valence-electron chi connectivity index (χ2n) is 5.96. The third-order valence-corrected chi connectivity index (χ3v) is 3.49. The minimum absolute atomic E-state index is 0.0107. The molecule has 1 N–H and O–H groups in total. The highest BCUT2D eigenvalue weighted by molar-refractivity contribution is 6.31. The number of pyridine rings is 1. The molecule has 0 atom stereocenters. The molecule has 3 nitrogen and oxygen atoms in total. The Labute approximate surface area is 131 Å². The van der Waals surface area contributed by atoms with Gasteiger partial charge >= 0.3 is 0 Å². The lowest BCUT2D eigenvalue weighted by Gasteiger charge is -2.22. The zero-order valence-corrected chi connectivity index (χ0v) is 13.7. The monoisotopic (exact) mass is 304 g/mol. The molecule has 1 aromatic carbocycles. The van der Waals surface area contributed by atoms with Crippen LogP contribution in [-0.4, -0.2) is 12.0 Å². The van der Waals surface area contributed by atoms with Gasteiger partial charge < -0.3 is 10.1 Å². The number of nitrogens with one attached hydrogen (secondary N) is 1. The molecule has 0 spiro atoms. The van der Waals surface area contributed by atoms with Crippen molar-refractivity contribution in [3.05, 3.63) is 52.7 Å². The van der Waals surface area contributed by atoms with Crippen LogP contribution in [0.3, 0.4) is 0 Å². The summed E-state index contributed by atoms with van der Waals surface area (Å²) in [5, 5.41) is 3.69. The molecule has 0 saturated carbocycles. The summed E-state index contributed by atoms with van der Waals surface area (Å²) in [6, 6.07) is 11.6. The fraction of sp³-hybridized carbons (Fsp3) is 0.353. The number of hydrogen-bond acceptors (Lipinski definition) is 3. The maximum atomic E-state index is 6.12. The summed E-state index contributed by atoms with van der Waals surface area (Å²) in [4.78, 5) is 4.46. The van der Waals surface area contributed by atoms with Crippen molar-refractivity contribution >= 4 is 11.6 Å².